The molecular weight excluding hydrogens is 1070 g/mol. The van der Waals surface area contributed by atoms with E-state index < -0.39 is 53.3 Å². The summed E-state index contributed by atoms with van der Waals surface area (Å²) in [4.78, 5) is 89.5. The van der Waals surface area contributed by atoms with Crippen LogP contribution in [0.25, 0.3) is 11.1 Å². The van der Waals surface area contributed by atoms with Gasteiger partial charge in [-0.25, -0.2) is 14.4 Å². The van der Waals surface area contributed by atoms with Gasteiger partial charge >= 0.3 is 24.2 Å². The molecule has 76 heavy (non-hydrogen) atoms. The molecule has 3 rings (SSSR count). The lowest BCUT2D eigenvalue weighted by Crippen LogP contribution is -2.44. The van der Waals surface area contributed by atoms with Gasteiger partial charge in [-0.1, -0.05) is 41.9 Å². The van der Waals surface area contributed by atoms with Crippen LogP contribution in [0.15, 0.2) is 64.0 Å². The molecule has 2 atom stereocenters. The predicted octanol–water partition coefficient (Wildman–Crippen LogP) is 8.20. The van der Waals surface area contributed by atoms with Crippen molar-refractivity contribution < 1.29 is 62.0 Å². The van der Waals surface area contributed by atoms with Crippen LogP contribution in [-0.2, 0) is 44.5 Å². The van der Waals surface area contributed by atoms with Crippen LogP contribution in [0, 0.1) is 6.92 Å². The van der Waals surface area contributed by atoms with Crippen molar-refractivity contribution in [3.8, 4) is 22.6 Å². The van der Waals surface area contributed by atoms with Crippen molar-refractivity contribution in [3.05, 3.63) is 75.8 Å². The van der Waals surface area contributed by atoms with Gasteiger partial charge in [0.05, 0.1) is 33.3 Å². The number of benzene rings is 3. The van der Waals surface area contributed by atoms with E-state index in [2.05, 4.69) is 47.2 Å². The summed E-state index contributed by atoms with van der Waals surface area (Å²) >= 11 is 4.74. The van der Waals surface area contributed by atoms with Crippen LogP contribution in [-0.4, -0.2) is 137 Å². The fourth-order valence-electron chi connectivity index (χ4n) is 6.45. The lowest BCUT2D eigenvalue weighted by atomic mass is 9.94. The lowest BCUT2D eigenvalue weighted by molar-refractivity contribution is -0.143. The molecule has 0 saturated carbocycles. The van der Waals surface area contributed by atoms with Gasteiger partial charge in [0.1, 0.15) is 59.9 Å². The van der Waals surface area contributed by atoms with Crippen molar-refractivity contribution in [3.63, 3.8) is 0 Å². The topological polar surface area (TPSA) is 250 Å². The molecule has 0 aliphatic heterocycles. The average molecular weight is 1150 g/mol. The molecule has 3 aromatic carbocycles. The molecule has 22 heteroatoms. The normalized spacial score (nSPS) is 11.8. The third-order valence-corrected chi connectivity index (χ3v) is 11.1. The molecule has 0 spiro atoms. The number of methoxy groups -OCH3 is 1. The molecule has 3 aromatic rings. The van der Waals surface area contributed by atoms with Gasteiger partial charge in [-0.05, 0) is 161 Å². The van der Waals surface area contributed by atoms with Crippen molar-refractivity contribution in [2.45, 2.75) is 130 Å². The first-order valence-electron chi connectivity index (χ1n) is 24.9. The first-order valence-corrected chi connectivity index (χ1v) is 26.5. The van der Waals surface area contributed by atoms with E-state index in [9.17, 15) is 33.6 Å². The quantitative estimate of drug-likeness (QED) is 0.0172. The van der Waals surface area contributed by atoms with E-state index in [-0.39, 0.29) is 57.5 Å². The fraction of sp³-hybridized carbons (Fsp3) is 0.537. The molecule has 0 bridgehead atoms. The van der Waals surface area contributed by atoms with Gasteiger partial charge in [-0.15, -0.1) is 0 Å². The molecule has 0 aromatic heterocycles. The molecule has 0 aliphatic rings. The minimum absolute atomic E-state index is 0.00569. The maximum Gasteiger partial charge on any atom is 0.407 e. The molecule has 0 radical (unpaired) electrons. The Morgan fingerprint density at radius 3 is 1.71 bits per heavy atom. The first-order chi connectivity index (χ1) is 35.6. The van der Waals surface area contributed by atoms with Crippen LogP contribution < -0.4 is 40.8 Å². The molecule has 424 valence electrons. The Hall–Kier alpha value is -6.10. The van der Waals surface area contributed by atoms with Crippen molar-refractivity contribution in [2.75, 3.05) is 67.1 Å². The van der Waals surface area contributed by atoms with Gasteiger partial charge in [0, 0.05) is 34.1 Å². The number of rotatable bonds is 23. The van der Waals surface area contributed by atoms with Gasteiger partial charge in [0.25, 0.3) is 0 Å². The van der Waals surface area contributed by atoms with E-state index in [1.165, 1.54) is 31.0 Å². The van der Waals surface area contributed by atoms with Crippen molar-refractivity contribution in [1.29, 1.82) is 0 Å². The lowest BCUT2D eigenvalue weighted by Gasteiger charge is -2.28. The van der Waals surface area contributed by atoms with Crippen LogP contribution in [0.1, 0.15) is 106 Å². The van der Waals surface area contributed by atoms with Gasteiger partial charge < -0.3 is 64.7 Å². The number of carbonyl (C=O) groups excluding carboxylic acids is 7. The van der Waals surface area contributed by atoms with E-state index in [1.807, 2.05) is 66.7 Å². The number of nitrogens with zero attached hydrogens (tertiary/aromatic N) is 1. The number of likely N-dealkylation sites (N-methyl/N-ethyl adjacent to an activating group) is 2. The van der Waals surface area contributed by atoms with Crippen LogP contribution in [0.5, 0.6) is 11.5 Å². The first kappa shape index (κ1) is 67.9. The van der Waals surface area contributed by atoms with E-state index in [1.54, 1.807) is 85.0 Å². The van der Waals surface area contributed by atoms with E-state index in [0.717, 1.165) is 14.9 Å². The number of amides is 5. The second-order valence-electron chi connectivity index (χ2n) is 19.4. The number of aryl methyl sites for hydroxylation is 1. The van der Waals surface area contributed by atoms with Crippen molar-refractivity contribution >= 4 is 70.2 Å². The maximum atomic E-state index is 13.9. The summed E-state index contributed by atoms with van der Waals surface area (Å²) in [6.07, 6.45) is -0.842. The van der Waals surface area contributed by atoms with Crippen LogP contribution in [0.2, 0.25) is 0 Å². The van der Waals surface area contributed by atoms with Gasteiger partial charge in [0.15, 0.2) is 0 Å². The highest BCUT2D eigenvalue weighted by Crippen LogP contribution is 2.40. The zero-order valence-electron chi connectivity index (χ0n) is 47.1. The van der Waals surface area contributed by atoms with E-state index >= 15 is 0 Å². The number of esters is 1. The Labute approximate surface area is 462 Å². The molecule has 5 amide bonds. The summed E-state index contributed by atoms with van der Waals surface area (Å²) in [5.41, 5.74) is 1.12. The number of carbonyl (C=O) groups is 7. The number of hydrogen-bond acceptors (Lipinski definition) is 16. The highest BCUT2D eigenvalue weighted by Gasteiger charge is 2.30. The number of aldehydes is 1. The molecule has 0 aliphatic carbocycles. The monoisotopic (exact) mass is 1150 g/mol. The van der Waals surface area contributed by atoms with Gasteiger partial charge in [0.2, 0.25) is 11.8 Å². The molecule has 20 nitrogen and oxygen atoms in total. The van der Waals surface area contributed by atoms with Crippen LogP contribution >= 0.6 is 27.9 Å². The summed E-state index contributed by atoms with van der Waals surface area (Å²) < 4.78 is 37.2. The minimum Gasteiger partial charge on any atom is -0.491 e. The van der Waals surface area contributed by atoms with Crippen molar-refractivity contribution in [2.24, 2.45) is 0 Å². The number of halogens is 1. The molecular formula is C54H82BrN7O13S. The summed E-state index contributed by atoms with van der Waals surface area (Å²) in [5.74, 6) is -0.857. The number of hydrogen-bond donors (Lipinski definition) is 6. The number of alkyl carbamates (subject to hydrolysis) is 3. The maximum absolute atomic E-state index is 13.9. The molecule has 0 fully saturated rings. The summed E-state index contributed by atoms with van der Waals surface area (Å²) in [6, 6.07) is 14.1. The Morgan fingerprint density at radius 2 is 1.24 bits per heavy atom. The second-order valence-corrected chi connectivity index (χ2v) is 21.2. The third kappa shape index (κ3) is 26.6. The van der Waals surface area contributed by atoms with Crippen LogP contribution in [0.4, 0.5) is 14.4 Å². The summed E-state index contributed by atoms with van der Waals surface area (Å²) in [6.45, 7) is 24.1. The van der Waals surface area contributed by atoms with E-state index in [0.29, 0.717) is 46.6 Å². The highest BCUT2D eigenvalue weighted by molar-refractivity contribution is 9.10. The zero-order valence-corrected chi connectivity index (χ0v) is 49.5. The number of nitrogens with one attached hydrogen (secondary N) is 6. The number of ether oxygens (including phenoxy) is 6. The molecule has 2 unspecified atom stereocenters. The Morgan fingerprint density at radius 1 is 0.724 bits per heavy atom. The predicted molar refractivity (Wildman–Crippen MR) is 298 cm³/mol. The van der Waals surface area contributed by atoms with Crippen molar-refractivity contribution in [1.82, 2.24) is 36.2 Å². The smallest absolute Gasteiger partial charge is 0.407 e. The zero-order chi connectivity index (χ0) is 57.8. The van der Waals surface area contributed by atoms with Crippen LogP contribution in [0.3, 0.4) is 0 Å². The standard InChI is InChI=1S/C45H61BrN6O11S.C7H15NO2.C2H6/c1-28-23-31(46)13-16-37(28)64-51-27-38(54)52(9)39(40(55)48-17-20-53)30-12-15-36(61-22-19-50-43(58)63-45(5,6)7)33(26-30)32-24-29(25-34(47-8)41(56)59-10)11-14-35(32)60-21-18-49-42(57)62-44(2,3)4;1-5-8-6(9)10-7(2,3)4;1-2/h11-16,20,23-24,26,34,39,47,51H,17-19,21-22,25,27H2,1-10H3,(H,48,55)(H,49,57)(H,50,58);5H2,1-4H3,(H,8,9);1-2H3. The molecule has 6 N–H and O–H groups in total. The van der Waals surface area contributed by atoms with E-state index in [4.69, 9.17) is 28.4 Å². The Balaban J connectivity index is 0.00000215. The minimum atomic E-state index is -1.23. The van der Waals surface area contributed by atoms with Gasteiger partial charge in [-0.3, -0.25) is 19.1 Å². The second kappa shape index (κ2) is 33.8. The SMILES string of the molecule is CC.CCNC(=O)OC(C)(C)C.CNC(Cc1ccc(OCCNC(=O)OC(C)(C)C)c(-c2cc(C(C(=O)NCC=O)N(C)C(=O)CNSc3ccc(Br)cc3C)ccc2OCCNC(=O)OC(C)(C)C)c1)C(=O)OC. The Kier molecular flexibility index (Phi) is 30.2. The molecule has 0 saturated heterocycles. The third-order valence-electron chi connectivity index (χ3n) is 9.63. The van der Waals surface area contributed by atoms with Gasteiger partial charge in [-0.2, -0.15) is 0 Å². The Bertz CT molecular complexity index is 2350. The highest BCUT2D eigenvalue weighted by atomic mass is 79.9. The average Bonchev–Trinajstić information content (AvgIpc) is 3.33. The largest absolute Gasteiger partial charge is 0.491 e. The molecule has 0 heterocycles. The summed E-state index contributed by atoms with van der Waals surface area (Å²) in [5, 5.41) is 13.5. The summed E-state index contributed by atoms with van der Waals surface area (Å²) in [7, 11) is 4.44. The fourth-order valence-corrected chi connectivity index (χ4v) is 7.63.